The highest BCUT2D eigenvalue weighted by molar-refractivity contribution is 5.92. The highest BCUT2D eigenvalue weighted by Gasteiger charge is 2.08. The Bertz CT molecular complexity index is 517. The second-order valence-electron chi connectivity index (χ2n) is 3.43. The van der Waals surface area contributed by atoms with Crippen molar-refractivity contribution in [3.63, 3.8) is 0 Å². The highest BCUT2D eigenvalue weighted by Crippen LogP contribution is 2.19. The van der Waals surface area contributed by atoms with Crippen LogP contribution in [-0.4, -0.2) is 22.6 Å². The van der Waals surface area contributed by atoms with Crippen molar-refractivity contribution in [3.05, 3.63) is 24.5 Å². The Hall–Kier alpha value is -2.04. The molecule has 5 nitrogen and oxygen atoms in total. The molecule has 0 fully saturated rings. The molecule has 5 heteroatoms. The number of rotatable bonds is 1. The van der Waals surface area contributed by atoms with Gasteiger partial charge in [-0.3, -0.25) is 4.90 Å². The number of urea groups is 1. The number of benzene rings is 1. The van der Waals surface area contributed by atoms with Gasteiger partial charge in [-0.1, -0.05) is 0 Å². The molecule has 15 heavy (non-hydrogen) atoms. The number of nitrogens with zero attached hydrogens (tertiary/aromatic N) is 3. The smallest absolute Gasteiger partial charge is 0.318 e. The number of nitrogens with two attached hydrogens (primary N) is 1. The van der Waals surface area contributed by atoms with Gasteiger partial charge in [-0.05, 0) is 18.2 Å². The molecule has 0 aliphatic heterocycles. The lowest BCUT2D eigenvalue weighted by Crippen LogP contribution is -2.31. The molecule has 0 saturated heterocycles. The van der Waals surface area contributed by atoms with Gasteiger partial charge in [0.2, 0.25) is 0 Å². The number of fused-ring (bicyclic) bond motifs is 1. The number of imidazole rings is 1. The Morgan fingerprint density at radius 3 is 2.93 bits per heavy atom. The Morgan fingerprint density at radius 1 is 1.53 bits per heavy atom. The van der Waals surface area contributed by atoms with Crippen LogP contribution in [0.15, 0.2) is 24.5 Å². The maximum absolute atomic E-state index is 11.0. The van der Waals surface area contributed by atoms with Crippen LogP contribution in [-0.2, 0) is 7.05 Å². The van der Waals surface area contributed by atoms with Crippen LogP contribution < -0.4 is 10.6 Å². The number of aryl methyl sites for hydroxylation is 1. The first-order valence-electron chi connectivity index (χ1n) is 4.54. The maximum Gasteiger partial charge on any atom is 0.318 e. The van der Waals surface area contributed by atoms with Crippen molar-refractivity contribution in [2.45, 2.75) is 0 Å². The normalized spacial score (nSPS) is 10.5. The molecule has 78 valence electrons. The lowest BCUT2D eigenvalue weighted by Gasteiger charge is -2.13. The summed E-state index contributed by atoms with van der Waals surface area (Å²) in [6.07, 6.45) is 1.73. The van der Waals surface area contributed by atoms with Gasteiger partial charge in [0.05, 0.1) is 17.4 Å². The number of carbonyl (C=O) groups excluding carboxylic acids is 1. The molecule has 2 amide bonds. The fraction of sp³-hybridized carbons (Fsp3) is 0.200. The average Bonchev–Trinajstić information content (AvgIpc) is 2.59. The van der Waals surface area contributed by atoms with E-state index in [1.54, 1.807) is 13.4 Å². The Kier molecular flexibility index (Phi) is 2.07. The number of amides is 2. The average molecular weight is 204 g/mol. The predicted molar refractivity (Wildman–Crippen MR) is 58.7 cm³/mol. The first kappa shape index (κ1) is 9.51. The summed E-state index contributed by atoms with van der Waals surface area (Å²) in [7, 11) is 3.55. The number of carbonyl (C=O) groups is 1. The third-order valence-electron chi connectivity index (χ3n) is 2.43. The SMILES string of the molecule is CN(C(N)=O)c1ccc2c(c1)ncn2C. The van der Waals surface area contributed by atoms with E-state index < -0.39 is 6.03 Å². The van der Waals surface area contributed by atoms with Crippen molar-refractivity contribution in [3.8, 4) is 0 Å². The Balaban J connectivity index is 2.52. The predicted octanol–water partition coefficient (Wildman–Crippen LogP) is 1.09. The maximum atomic E-state index is 11.0. The zero-order valence-electron chi connectivity index (χ0n) is 8.64. The van der Waals surface area contributed by atoms with Crippen LogP contribution in [0.1, 0.15) is 0 Å². The van der Waals surface area contributed by atoms with Gasteiger partial charge in [0, 0.05) is 19.8 Å². The van der Waals surface area contributed by atoms with E-state index in [2.05, 4.69) is 4.98 Å². The molecule has 0 radical (unpaired) electrons. The molecular weight excluding hydrogens is 192 g/mol. The van der Waals surface area contributed by atoms with Gasteiger partial charge < -0.3 is 10.3 Å². The minimum atomic E-state index is -0.481. The van der Waals surface area contributed by atoms with Crippen LogP contribution in [0.25, 0.3) is 11.0 Å². The number of anilines is 1. The van der Waals surface area contributed by atoms with Crippen molar-refractivity contribution in [1.82, 2.24) is 9.55 Å². The molecule has 1 aromatic heterocycles. The van der Waals surface area contributed by atoms with E-state index in [0.717, 1.165) is 16.7 Å². The molecule has 0 spiro atoms. The summed E-state index contributed by atoms with van der Waals surface area (Å²) >= 11 is 0. The van der Waals surface area contributed by atoms with Crippen LogP contribution in [0.5, 0.6) is 0 Å². The largest absolute Gasteiger partial charge is 0.351 e. The quantitative estimate of drug-likeness (QED) is 0.755. The minimum absolute atomic E-state index is 0.481. The van der Waals surface area contributed by atoms with E-state index in [4.69, 9.17) is 5.73 Å². The molecule has 0 unspecified atom stereocenters. The second kappa shape index (κ2) is 3.27. The zero-order chi connectivity index (χ0) is 11.0. The summed E-state index contributed by atoms with van der Waals surface area (Å²) in [5.41, 5.74) is 7.80. The fourth-order valence-electron chi connectivity index (χ4n) is 1.46. The summed E-state index contributed by atoms with van der Waals surface area (Å²) in [6.45, 7) is 0. The summed E-state index contributed by atoms with van der Waals surface area (Å²) in [5, 5.41) is 0. The van der Waals surface area contributed by atoms with Crippen molar-refractivity contribution >= 4 is 22.8 Å². The molecule has 2 aromatic rings. The first-order valence-corrected chi connectivity index (χ1v) is 4.54. The number of primary amides is 1. The summed E-state index contributed by atoms with van der Waals surface area (Å²) in [5.74, 6) is 0. The molecule has 1 aromatic carbocycles. The zero-order valence-corrected chi connectivity index (χ0v) is 8.64. The minimum Gasteiger partial charge on any atom is -0.351 e. The lowest BCUT2D eigenvalue weighted by molar-refractivity contribution is 0.255. The Morgan fingerprint density at radius 2 is 2.27 bits per heavy atom. The van der Waals surface area contributed by atoms with Gasteiger partial charge in [0.1, 0.15) is 0 Å². The van der Waals surface area contributed by atoms with Crippen LogP contribution in [0.4, 0.5) is 10.5 Å². The van der Waals surface area contributed by atoms with E-state index in [9.17, 15) is 4.79 Å². The molecule has 1 heterocycles. The molecule has 2 rings (SSSR count). The third kappa shape index (κ3) is 1.52. The van der Waals surface area contributed by atoms with Gasteiger partial charge in [-0.15, -0.1) is 0 Å². The van der Waals surface area contributed by atoms with Crippen LogP contribution in [0.2, 0.25) is 0 Å². The van der Waals surface area contributed by atoms with Crippen LogP contribution in [0, 0.1) is 0 Å². The number of hydrogen-bond acceptors (Lipinski definition) is 2. The second-order valence-corrected chi connectivity index (χ2v) is 3.43. The standard InChI is InChI=1S/C10H12N4O/c1-13-6-12-8-5-7(3-4-9(8)13)14(2)10(11)15/h3-6H,1-2H3,(H2,11,15). The molecule has 2 N–H and O–H groups in total. The van der Waals surface area contributed by atoms with Gasteiger partial charge in [0.25, 0.3) is 0 Å². The molecular formula is C10H12N4O. The van der Waals surface area contributed by atoms with E-state index in [0.29, 0.717) is 0 Å². The van der Waals surface area contributed by atoms with Crippen LogP contribution in [0.3, 0.4) is 0 Å². The van der Waals surface area contributed by atoms with Crippen molar-refractivity contribution in [2.75, 3.05) is 11.9 Å². The monoisotopic (exact) mass is 204 g/mol. The van der Waals surface area contributed by atoms with Crippen LogP contribution >= 0.6 is 0 Å². The summed E-state index contributed by atoms with van der Waals surface area (Å²) in [4.78, 5) is 16.6. The Labute approximate surface area is 87.1 Å². The first-order chi connectivity index (χ1) is 7.09. The summed E-state index contributed by atoms with van der Waals surface area (Å²) < 4.78 is 1.92. The highest BCUT2D eigenvalue weighted by atomic mass is 16.2. The van der Waals surface area contributed by atoms with Crippen molar-refractivity contribution in [1.29, 1.82) is 0 Å². The van der Waals surface area contributed by atoms with Gasteiger partial charge in [-0.25, -0.2) is 9.78 Å². The topological polar surface area (TPSA) is 64.2 Å². The van der Waals surface area contributed by atoms with E-state index >= 15 is 0 Å². The van der Waals surface area contributed by atoms with Gasteiger partial charge in [-0.2, -0.15) is 0 Å². The van der Waals surface area contributed by atoms with E-state index in [1.807, 2.05) is 29.8 Å². The lowest BCUT2D eigenvalue weighted by atomic mass is 10.2. The van der Waals surface area contributed by atoms with Crippen molar-refractivity contribution in [2.24, 2.45) is 12.8 Å². The number of hydrogen-bond donors (Lipinski definition) is 1. The van der Waals surface area contributed by atoms with Crippen molar-refractivity contribution < 1.29 is 4.79 Å². The molecule has 0 aliphatic rings. The number of aromatic nitrogens is 2. The molecule has 0 bridgehead atoms. The van der Waals surface area contributed by atoms with E-state index in [1.165, 1.54) is 4.90 Å². The fourth-order valence-corrected chi connectivity index (χ4v) is 1.46. The summed E-state index contributed by atoms with van der Waals surface area (Å²) in [6, 6.07) is 5.11. The molecule has 0 atom stereocenters. The third-order valence-corrected chi connectivity index (χ3v) is 2.43. The van der Waals surface area contributed by atoms with Gasteiger partial charge in [0.15, 0.2) is 0 Å². The van der Waals surface area contributed by atoms with Gasteiger partial charge >= 0.3 is 6.03 Å². The molecule has 0 aliphatic carbocycles. The molecule has 0 saturated carbocycles. The van der Waals surface area contributed by atoms with E-state index in [-0.39, 0.29) is 0 Å².